The van der Waals surface area contributed by atoms with Crippen LogP contribution < -0.4 is 0 Å². The monoisotopic (exact) mass is 254 g/mol. The Hall–Kier alpha value is -0.940. The molecule has 0 aliphatic heterocycles. The van der Waals surface area contributed by atoms with Crippen molar-refractivity contribution in [2.24, 2.45) is 0 Å². The number of aromatic nitrogens is 1. The van der Waals surface area contributed by atoms with E-state index >= 15 is 0 Å². The maximum atomic E-state index is 12.1. The van der Waals surface area contributed by atoms with Crippen LogP contribution >= 0.6 is 0 Å². The Balaban J connectivity index is 2.13. The number of hydrogen-bond donors (Lipinski definition) is 0. The highest BCUT2D eigenvalue weighted by Gasteiger charge is 2.36. The molecule has 0 spiro atoms. The summed E-state index contributed by atoms with van der Waals surface area (Å²) in [5.41, 5.74) is 0.819. The summed E-state index contributed by atoms with van der Waals surface area (Å²) < 4.78 is 25.9. The normalized spacial score (nSPS) is 16.4. The molecule has 1 aromatic heterocycles. The molecule has 0 amide bonds. The second-order valence-corrected chi connectivity index (χ2v) is 6.45. The van der Waals surface area contributed by atoms with Gasteiger partial charge in [-0.25, -0.2) is 8.42 Å². The standard InChI is InChI=1S/C12H18N2O2S/c1-2-9-17(15,16)14(12-6-7-12)10-11-5-3-4-8-13-11/h3-5,8,12H,2,6-7,9-10H2,1H3. The van der Waals surface area contributed by atoms with E-state index in [1.165, 1.54) is 0 Å². The van der Waals surface area contributed by atoms with Crippen LogP contribution in [0.25, 0.3) is 0 Å². The van der Waals surface area contributed by atoms with Gasteiger partial charge in [-0.1, -0.05) is 13.0 Å². The van der Waals surface area contributed by atoms with Gasteiger partial charge in [0.1, 0.15) is 0 Å². The molecule has 0 N–H and O–H groups in total. The molecule has 2 rings (SSSR count). The number of pyridine rings is 1. The first-order valence-corrected chi connectivity index (χ1v) is 7.64. The van der Waals surface area contributed by atoms with Crippen molar-refractivity contribution in [2.45, 2.75) is 38.8 Å². The summed E-state index contributed by atoms with van der Waals surface area (Å²) in [7, 11) is -3.11. The van der Waals surface area contributed by atoms with Gasteiger partial charge in [0.15, 0.2) is 0 Å². The SMILES string of the molecule is CCCS(=O)(=O)N(Cc1ccccn1)C1CC1. The Morgan fingerprint density at radius 1 is 1.41 bits per heavy atom. The van der Waals surface area contributed by atoms with E-state index in [9.17, 15) is 8.42 Å². The van der Waals surface area contributed by atoms with Crippen molar-refractivity contribution < 1.29 is 8.42 Å². The van der Waals surface area contributed by atoms with Gasteiger partial charge in [-0.15, -0.1) is 0 Å². The molecule has 4 nitrogen and oxygen atoms in total. The molecule has 17 heavy (non-hydrogen) atoms. The Bertz CT molecular complexity index is 455. The maximum Gasteiger partial charge on any atom is 0.214 e. The molecule has 0 aromatic carbocycles. The number of hydrogen-bond acceptors (Lipinski definition) is 3. The summed E-state index contributed by atoms with van der Waals surface area (Å²) in [5, 5.41) is 0. The fourth-order valence-electron chi connectivity index (χ4n) is 1.84. The number of nitrogens with zero attached hydrogens (tertiary/aromatic N) is 2. The van der Waals surface area contributed by atoms with Crippen molar-refractivity contribution in [1.29, 1.82) is 0 Å². The van der Waals surface area contributed by atoms with Crippen LogP contribution in [-0.2, 0) is 16.6 Å². The first kappa shape index (κ1) is 12.5. The van der Waals surface area contributed by atoms with Gasteiger partial charge < -0.3 is 0 Å². The Morgan fingerprint density at radius 3 is 2.71 bits per heavy atom. The minimum atomic E-state index is -3.11. The van der Waals surface area contributed by atoms with Crippen molar-refractivity contribution >= 4 is 10.0 Å². The summed E-state index contributed by atoms with van der Waals surface area (Å²) in [6.45, 7) is 2.30. The predicted octanol–water partition coefficient (Wildman–Crippen LogP) is 1.79. The van der Waals surface area contributed by atoms with Gasteiger partial charge in [0.2, 0.25) is 10.0 Å². The van der Waals surface area contributed by atoms with Gasteiger partial charge in [0.05, 0.1) is 18.0 Å². The quantitative estimate of drug-likeness (QED) is 0.777. The van der Waals surface area contributed by atoms with Gasteiger partial charge in [0, 0.05) is 12.2 Å². The molecule has 0 saturated heterocycles. The van der Waals surface area contributed by atoms with Crippen molar-refractivity contribution in [1.82, 2.24) is 9.29 Å². The van der Waals surface area contributed by atoms with E-state index in [0.29, 0.717) is 13.0 Å². The van der Waals surface area contributed by atoms with E-state index in [1.54, 1.807) is 10.5 Å². The molecule has 1 aliphatic carbocycles. The predicted molar refractivity (Wildman–Crippen MR) is 66.9 cm³/mol. The van der Waals surface area contributed by atoms with Crippen LogP contribution in [0, 0.1) is 0 Å². The molecule has 1 aliphatic rings. The second kappa shape index (κ2) is 5.14. The van der Waals surface area contributed by atoms with Crippen LogP contribution in [0.2, 0.25) is 0 Å². The minimum Gasteiger partial charge on any atom is -0.260 e. The van der Waals surface area contributed by atoms with Crippen molar-refractivity contribution in [3.05, 3.63) is 30.1 Å². The average Bonchev–Trinajstić information content (AvgIpc) is 3.11. The second-order valence-electron chi connectivity index (χ2n) is 4.41. The lowest BCUT2D eigenvalue weighted by atomic mass is 10.3. The third-order valence-corrected chi connectivity index (χ3v) is 4.88. The topological polar surface area (TPSA) is 50.3 Å². The number of rotatable bonds is 6. The Labute approximate surface area is 103 Å². The highest BCUT2D eigenvalue weighted by atomic mass is 32.2. The zero-order valence-electron chi connectivity index (χ0n) is 10.0. The zero-order valence-corrected chi connectivity index (χ0v) is 10.9. The molecule has 1 saturated carbocycles. The van der Waals surface area contributed by atoms with Gasteiger partial charge in [0.25, 0.3) is 0 Å². The fourth-order valence-corrected chi connectivity index (χ4v) is 3.59. The van der Waals surface area contributed by atoms with Crippen LogP contribution in [0.4, 0.5) is 0 Å². The van der Waals surface area contributed by atoms with Crippen LogP contribution in [0.5, 0.6) is 0 Å². The third-order valence-electron chi connectivity index (χ3n) is 2.82. The van der Waals surface area contributed by atoms with Gasteiger partial charge >= 0.3 is 0 Å². The van der Waals surface area contributed by atoms with Crippen LogP contribution in [-0.4, -0.2) is 29.5 Å². The summed E-state index contributed by atoms with van der Waals surface area (Å²) in [5.74, 6) is 0.232. The molecule has 0 unspecified atom stereocenters. The lowest BCUT2D eigenvalue weighted by molar-refractivity contribution is 0.394. The van der Waals surface area contributed by atoms with Crippen LogP contribution in [0.3, 0.4) is 0 Å². The van der Waals surface area contributed by atoms with Crippen molar-refractivity contribution in [2.75, 3.05) is 5.75 Å². The summed E-state index contributed by atoms with van der Waals surface area (Å²) in [6.07, 6.45) is 4.33. The maximum absolute atomic E-state index is 12.1. The molecule has 0 radical (unpaired) electrons. The molecule has 94 valence electrons. The molecule has 1 heterocycles. The highest BCUT2D eigenvalue weighted by Crippen LogP contribution is 2.30. The van der Waals surface area contributed by atoms with E-state index in [2.05, 4.69) is 4.98 Å². The molecular formula is C12H18N2O2S. The first-order chi connectivity index (χ1) is 8.13. The molecule has 1 fully saturated rings. The van der Waals surface area contributed by atoms with Crippen LogP contribution in [0.1, 0.15) is 31.9 Å². The molecule has 0 bridgehead atoms. The lowest BCUT2D eigenvalue weighted by Gasteiger charge is -2.21. The van der Waals surface area contributed by atoms with E-state index in [4.69, 9.17) is 0 Å². The summed E-state index contributed by atoms with van der Waals surface area (Å²) in [4.78, 5) is 4.20. The van der Waals surface area contributed by atoms with E-state index in [1.807, 2.05) is 25.1 Å². The highest BCUT2D eigenvalue weighted by molar-refractivity contribution is 7.89. The third kappa shape index (κ3) is 3.26. The minimum absolute atomic E-state index is 0.202. The van der Waals surface area contributed by atoms with Gasteiger partial charge in [-0.2, -0.15) is 4.31 Å². The fraction of sp³-hybridized carbons (Fsp3) is 0.583. The summed E-state index contributed by atoms with van der Waals surface area (Å²) in [6, 6.07) is 5.80. The van der Waals surface area contributed by atoms with E-state index < -0.39 is 10.0 Å². The number of sulfonamides is 1. The molecule has 1 aromatic rings. The van der Waals surface area contributed by atoms with Crippen molar-refractivity contribution in [3.8, 4) is 0 Å². The lowest BCUT2D eigenvalue weighted by Crippen LogP contribution is -2.34. The average molecular weight is 254 g/mol. The van der Waals surface area contributed by atoms with E-state index in [0.717, 1.165) is 18.5 Å². The molecule has 0 atom stereocenters. The van der Waals surface area contributed by atoms with Gasteiger partial charge in [-0.05, 0) is 31.4 Å². The van der Waals surface area contributed by atoms with Crippen molar-refractivity contribution in [3.63, 3.8) is 0 Å². The molecule has 5 heteroatoms. The first-order valence-electron chi connectivity index (χ1n) is 6.03. The van der Waals surface area contributed by atoms with E-state index in [-0.39, 0.29) is 11.8 Å². The Morgan fingerprint density at radius 2 is 2.18 bits per heavy atom. The smallest absolute Gasteiger partial charge is 0.214 e. The van der Waals surface area contributed by atoms with Crippen LogP contribution in [0.15, 0.2) is 24.4 Å². The van der Waals surface area contributed by atoms with Gasteiger partial charge in [-0.3, -0.25) is 4.98 Å². The largest absolute Gasteiger partial charge is 0.260 e. The Kier molecular flexibility index (Phi) is 3.79. The molecular weight excluding hydrogens is 236 g/mol. The zero-order chi connectivity index (χ0) is 12.3. The summed E-state index contributed by atoms with van der Waals surface area (Å²) >= 11 is 0.